The average Bonchev–Trinajstić information content (AvgIpc) is 3.29. The molecule has 2 heterocycles. The highest BCUT2D eigenvalue weighted by Gasteiger charge is 2.20. The van der Waals surface area contributed by atoms with Crippen LogP contribution in [0.3, 0.4) is 0 Å². The zero-order chi connectivity index (χ0) is 20.5. The van der Waals surface area contributed by atoms with E-state index in [9.17, 15) is 9.18 Å². The molecule has 0 saturated carbocycles. The second-order valence-corrected chi connectivity index (χ2v) is 7.33. The molecule has 0 bridgehead atoms. The van der Waals surface area contributed by atoms with Crippen molar-refractivity contribution in [3.8, 4) is 22.8 Å². The molecule has 4 rings (SSSR count). The number of carbonyl (C=O) groups is 1. The number of aryl methyl sites for hydroxylation is 1. The first-order valence-corrected chi connectivity index (χ1v) is 9.58. The summed E-state index contributed by atoms with van der Waals surface area (Å²) in [4.78, 5) is 14.1. The van der Waals surface area contributed by atoms with Crippen LogP contribution in [0.25, 0.3) is 21.5 Å². The first-order valence-electron chi connectivity index (χ1n) is 8.76. The Kier molecular flexibility index (Phi) is 4.94. The van der Waals surface area contributed by atoms with E-state index in [2.05, 4.69) is 10.4 Å². The Labute approximate surface area is 170 Å². The minimum atomic E-state index is -0.356. The molecule has 0 aliphatic heterocycles. The van der Waals surface area contributed by atoms with Gasteiger partial charge in [0.05, 0.1) is 24.8 Å². The van der Waals surface area contributed by atoms with Gasteiger partial charge in [0.25, 0.3) is 5.91 Å². The van der Waals surface area contributed by atoms with Crippen molar-refractivity contribution in [3.05, 3.63) is 59.2 Å². The first kappa shape index (κ1) is 18.9. The van der Waals surface area contributed by atoms with Gasteiger partial charge in [-0.3, -0.25) is 9.48 Å². The number of methoxy groups -OCH3 is 2. The van der Waals surface area contributed by atoms with Crippen LogP contribution in [-0.4, -0.2) is 29.9 Å². The zero-order valence-corrected chi connectivity index (χ0v) is 16.8. The van der Waals surface area contributed by atoms with Crippen molar-refractivity contribution < 1.29 is 18.7 Å². The van der Waals surface area contributed by atoms with Gasteiger partial charge >= 0.3 is 0 Å². The van der Waals surface area contributed by atoms with Gasteiger partial charge in [-0.2, -0.15) is 5.10 Å². The van der Waals surface area contributed by atoms with Gasteiger partial charge in [-0.1, -0.05) is 12.1 Å². The van der Waals surface area contributed by atoms with E-state index in [0.717, 1.165) is 10.2 Å². The molecular weight excluding hydrogens is 393 g/mol. The molecule has 2 aromatic carbocycles. The topological polar surface area (TPSA) is 65.4 Å². The SMILES string of the molecule is COc1ccc(OC)c(NC(=O)c2cc3c(-c4ccccc4F)nn(C)c3s2)c1. The molecule has 8 heteroatoms. The number of aromatic nitrogens is 2. The quantitative estimate of drug-likeness (QED) is 0.517. The van der Waals surface area contributed by atoms with Gasteiger partial charge in [-0.15, -0.1) is 11.3 Å². The van der Waals surface area contributed by atoms with Crippen LogP contribution in [0.2, 0.25) is 0 Å². The van der Waals surface area contributed by atoms with Crippen molar-refractivity contribution in [2.45, 2.75) is 0 Å². The molecular formula is C21H18FN3O3S. The fourth-order valence-electron chi connectivity index (χ4n) is 3.10. The largest absolute Gasteiger partial charge is 0.497 e. The summed E-state index contributed by atoms with van der Waals surface area (Å²) in [5.74, 6) is 0.473. The number of carbonyl (C=O) groups excluding carboxylic acids is 1. The third-order valence-electron chi connectivity index (χ3n) is 4.52. The van der Waals surface area contributed by atoms with Gasteiger partial charge < -0.3 is 14.8 Å². The Balaban J connectivity index is 1.72. The number of halogens is 1. The number of hydrogen-bond acceptors (Lipinski definition) is 5. The Hall–Kier alpha value is -3.39. The summed E-state index contributed by atoms with van der Waals surface area (Å²) < 4.78 is 26.5. The lowest BCUT2D eigenvalue weighted by Gasteiger charge is -2.11. The van der Waals surface area contributed by atoms with Crippen LogP contribution >= 0.6 is 11.3 Å². The lowest BCUT2D eigenvalue weighted by Crippen LogP contribution is -2.11. The summed E-state index contributed by atoms with van der Waals surface area (Å²) in [5, 5.41) is 8.02. The number of amides is 1. The number of nitrogens with one attached hydrogen (secondary N) is 1. The highest BCUT2D eigenvalue weighted by atomic mass is 32.1. The van der Waals surface area contributed by atoms with Crippen LogP contribution in [0, 0.1) is 5.82 Å². The van der Waals surface area contributed by atoms with E-state index in [1.807, 2.05) is 0 Å². The minimum Gasteiger partial charge on any atom is -0.497 e. The molecule has 2 aromatic heterocycles. The summed E-state index contributed by atoms with van der Waals surface area (Å²) in [5.41, 5.74) is 1.41. The van der Waals surface area contributed by atoms with Gasteiger partial charge in [0.1, 0.15) is 27.8 Å². The second-order valence-electron chi connectivity index (χ2n) is 6.30. The maximum Gasteiger partial charge on any atom is 0.265 e. The van der Waals surface area contributed by atoms with Crippen LogP contribution in [-0.2, 0) is 7.05 Å². The molecule has 0 radical (unpaired) electrons. The fraction of sp³-hybridized carbons (Fsp3) is 0.143. The van der Waals surface area contributed by atoms with Crippen molar-refractivity contribution in [1.29, 1.82) is 0 Å². The molecule has 0 aliphatic rings. The molecule has 0 saturated heterocycles. The molecule has 1 amide bonds. The summed E-state index contributed by atoms with van der Waals surface area (Å²) >= 11 is 1.29. The Bertz CT molecular complexity index is 1220. The van der Waals surface area contributed by atoms with Crippen LogP contribution in [0.1, 0.15) is 9.67 Å². The molecule has 6 nitrogen and oxygen atoms in total. The number of anilines is 1. The van der Waals surface area contributed by atoms with E-state index in [1.165, 1.54) is 24.5 Å². The Morgan fingerprint density at radius 2 is 1.93 bits per heavy atom. The van der Waals surface area contributed by atoms with E-state index in [0.29, 0.717) is 33.3 Å². The smallest absolute Gasteiger partial charge is 0.265 e. The lowest BCUT2D eigenvalue weighted by molar-refractivity contribution is 0.103. The fourth-order valence-corrected chi connectivity index (χ4v) is 4.07. The maximum atomic E-state index is 14.3. The standard InChI is InChI=1S/C21H18FN3O3S/c1-25-21-14(19(24-25)13-6-4-5-7-15(13)22)11-18(29-21)20(26)23-16-10-12(27-2)8-9-17(16)28-3/h4-11H,1-3H3,(H,23,26). The van der Waals surface area contributed by atoms with Gasteiger partial charge in [-0.05, 0) is 30.3 Å². The minimum absolute atomic E-state index is 0.294. The molecule has 148 valence electrons. The third kappa shape index (κ3) is 3.42. The number of thiophene rings is 1. The molecule has 0 unspecified atom stereocenters. The predicted molar refractivity (Wildman–Crippen MR) is 111 cm³/mol. The van der Waals surface area contributed by atoms with Gasteiger partial charge in [-0.25, -0.2) is 4.39 Å². The summed E-state index contributed by atoms with van der Waals surface area (Å²) in [6.45, 7) is 0. The maximum absolute atomic E-state index is 14.3. The Morgan fingerprint density at radius 1 is 1.14 bits per heavy atom. The highest BCUT2D eigenvalue weighted by Crippen LogP contribution is 2.36. The summed E-state index contributed by atoms with van der Waals surface area (Å²) in [6, 6.07) is 13.4. The molecule has 0 atom stereocenters. The predicted octanol–water partition coefficient (Wildman–Crippen LogP) is 4.71. The zero-order valence-electron chi connectivity index (χ0n) is 16.0. The average molecular weight is 411 g/mol. The van der Waals surface area contributed by atoms with Gasteiger partial charge in [0, 0.05) is 24.1 Å². The molecule has 0 fully saturated rings. The van der Waals surface area contributed by atoms with E-state index in [4.69, 9.17) is 9.47 Å². The summed E-state index contributed by atoms with van der Waals surface area (Å²) in [7, 11) is 4.86. The molecule has 0 spiro atoms. The number of rotatable bonds is 5. The number of hydrogen-bond donors (Lipinski definition) is 1. The molecule has 29 heavy (non-hydrogen) atoms. The number of ether oxygens (including phenoxy) is 2. The number of nitrogens with zero attached hydrogens (tertiary/aromatic N) is 2. The number of benzene rings is 2. The number of fused-ring (bicyclic) bond motifs is 1. The van der Waals surface area contributed by atoms with E-state index >= 15 is 0 Å². The third-order valence-corrected chi connectivity index (χ3v) is 5.72. The van der Waals surface area contributed by atoms with Crippen molar-refractivity contribution in [3.63, 3.8) is 0 Å². The van der Waals surface area contributed by atoms with E-state index < -0.39 is 0 Å². The van der Waals surface area contributed by atoms with Crippen LogP contribution in [0.15, 0.2) is 48.5 Å². The lowest BCUT2D eigenvalue weighted by atomic mass is 10.1. The van der Waals surface area contributed by atoms with Crippen molar-refractivity contribution in [2.24, 2.45) is 7.05 Å². The summed E-state index contributed by atoms with van der Waals surface area (Å²) in [6.07, 6.45) is 0. The normalized spacial score (nSPS) is 10.9. The van der Waals surface area contributed by atoms with Crippen LogP contribution in [0.5, 0.6) is 11.5 Å². The molecule has 1 N–H and O–H groups in total. The van der Waals surface area contributed by atoms with Crippen molar-refractivity contribution in [1.82, 2.24) is 9.78 Å². The van der Waals surface area contributed by atoms with E-state index in [1.54, 1.807) is 61.3 Å². The highest BCUT2D eigenvalue weighted by molar-refractivity contribution is 7.20. The van der Waals surface area contributed by atoms with Gasteiger partial charge in [0.15, 0.2) is 0 Å². The van der Waals surface area contributed by atoms with Gasteiger partial charge in [0.2, 0.25) is 0 Å². The monoisotopic (exact) mass is 411 g/mol. The first-order chi connectivity index (χ1) is 14.0. The van der Waals surface area contributed by atoms with Crippen molar-refractivity contribution >= 4 is 33.1 Å². The molecule has 0 aliphatic carbocycles. The molecule has 4 aromatic rings. The second kappa shape index (κ2) is 7.56. The van der Waals surface area contributed by atoms with Crippen molar-refractivity contribution in [2.75, 3.05) is 19.5 Å². The van der Waals surface area contributed by atoms with Crippen LogP contribution in [0.4, 0.5) is 10.1 Å². The van der Waals surface area contributed by atoms with E-state index in [-0.39, 0.29) is 11.7 Å². The Morgan fingerprint density at radius 3 is 2.66 bits per heavy atom. The van der Waals surface area contributed by atoms with Crippen LogP contribution < -0.4 is 14.8 Å².